The van der Waals surface area contributed by atoms with Crippen molar-refractivity contribution in [3.8, 4) is 5.75 Å². The van der Waals surface area contributed by atoms with Crippen molar-refractivity contribution in [1.29, 1.82) is 0 Å². The van der Waals surface area contributed by atoms with E-state index in [4.69, 9.17) is 10.5 Å². The molecule has 6 nitrogen and oxygen atoms in total. The van der Waals surface area contributed by atoms with E-state index < -0.39 is 5.41 Å². The van der Waals surface area contributed by atoms with E-state index in [-0.39, 0.29) is 29.9 Å². The third-order valence-corrected chi connectivity index (χ3v) is 3.51. The Hall–Kier alpha value is -1.51. The average molecular weight is 448 g/mol. The van der Waals surface area contributed by atoms with Crippen LogP contribution in [0.5, 0.6) is 5.75 Å². The first kappa shape index (κ1) is 22.5. The van der Waals surface area contributed by atoms with Gasteiger partial charge in [-0.3, -0.25) is 9.79 Å². The fourth-order valence-electron chi connectivity index (χ4n) is 1.81. The Balaban J connectivity index is 0.00000529. The smallest absolute Gasteiger partial charge is 0.224 e. The Bertz CT molecular complexity index is 530. The van der Waals surface area contributed by atoms with Crippen molar-refractivity contribution < 1.29 is 9.53 Å². The lowest BCUT2D eigenvalue weighted by molar-refractivity contribution is -0.125. The lowest BCUT2D eigenvalue weighted by Crippen LogP contribution is -2.40. The lowest BCUT2D eigenvalue weighted by Gasteiger charge is -2.19. The van der Waals surface area contributed by atoms with Crippen LogP contribution in [0.15, 0.2) is 29.3 Å². The molecule has 0 fully saturated rings. The molecule has 0 aliphatic carbocycles. The summed E-state index contributed by atoms with van der Waals surface area (Å²) < 4.78 is 5.14. The van der Waals surface area contributed by atoms with Gasteiger partial charge in [0.05, 0.1) is 19.1 Å². The molecule has 0 spiro atoms. The molecule has 0 unspecified atom stereocenters. The van der Waals surface area contributed by atoms with Crippen molar-refractivity contribution in [2.75, 3.05) is 26.7 Å². The van der Waals surface area contributed by atoms with Gasteiger partial charge in [-0.2, -0.15) is 0 Å². The van der Waals surface area contributed by atoms with Crippen molar-refractivity contribution in [2.24, 2.45) is 16.1 Å². The molecule has 1 aromatic rings. The van der Waals surface area contributed by atoms with Crippen LogP contribution in [0.2, 0.25) is 0 Å². The molecule has 1 amide bonds. The Morgan fingerprint density at radius 3 is 2.38 bits per heavy atom. The van der Waals surface area contributed by atoms with Crippen molar-refractivity contribution in [3.05, 3.63) is 29.8 Å². The van der Waals surface area contributed by atoms with Gasteiger partial charge in [0, 0.05) is 13.1 Å². The topological polar surface area (TPSA) is 88.7 Å². The van der Waals surface area contributed by atoms with E-state index in [0.29, 0.717) is 12.5 Å². The molecular weight excluding hydrogens is 419 g/mol. The van der Waals surface area contributed by atoms with Gasteiger partial charge in [-0.05, 0) is 44.9 Å². The summed E-state index contributed by atoms with van der Waals surface area (Å²) in [6, 6.07) is 7.98. The normalized spacial score (nSPS) is 11.4. The molecule has 1 rings (SSSR count). The molecule has 4 N–H and O–H groups in total. The number of nitrogens with zero attached hydrogens (tertiary/aromatic N) is 1. The number of carbonyl (C=O) groups excluding carboxylic acids is 1. The molecule has 0 radical (unpaired) electrons. The number of rotatable bonds is 8. The van der Waals surface area contributed by atoms with E-state index in [1.165, 1.54) is 5.56 Å². The van der Waals surface area contributed by atoms with Crippen LogP contribution in [-0.4, -0.2) is 38.6 Å². The number of halogens is 1. The summed E-state index contributed by atoms with van der Waals surface area (Å²) in [5.41, 5.74) is 5.93. The van der Waals surface area contributed by atoms with E-state index in [9.17, 15) is 4.79 Å². The van der Waals surface area contributed by atoms with Gasteiger partial charge in [0.2, 0.25) is 5.91 Å². The number of nitrogens with two attached hydrogens (primary N) is 1. The molecule has 0 atom stereocenters. The fourth-order valence-corrected chi connectivity index (χ4v) is 1.81. The van der Waals surface area contributed by atoms with E-state index >= 15 is 0 Å². The van der Waals surface area contributed by atoms with Gasteiger partial charge in [-0.25, -0.2) is 0 Å². The monoisotopic (exact) mass is 448 g/mol. The van der Waals surface area contributed by atoms with Crippen LogP contribution in [0.3, 0.4) is 0 Å². The minimum atomic E-state index is -0.654. The quantitative estimate of drug-likeness (QED) is 0.322. The van der Waals surface area contributed by atoms with Gasteiger partial charge in [0.1, 0.15) is 5.75 Å². The highest BCUT2D eigenvalue weighted by Gasteiger charge is 2.24. The number of carbonyl (C=O) groups is 1. The van der Waals surface area contributed by atoms with Crippen molar-refractivity contribution in [2.45, 2.75) is 27.2 Å². The number of primary amides is 1. The van der Waals surface area contributed by atoms with Crippen LogP contribution < -0.4 is 21.1 Å². The summed E-state index contributed by atoms with van der Waals surface area (Å²) in [4.78, 5) is 15.8. The fraction of sp³-hybridized carbons (Fsp3) is 0.529. The zero-order valence-electron chi connectivity index (χ0n) is 14.9. The SMILES string of the molecule is CCNC(=NCC(C)(C)C(N)=O)NCCc1ccc(OC)cc1.I. The zero-order chi connectivity index (χ0) is 17.3. The second-order valence-electron chi connectivity index (χ2n) is 5.97. The van der Waals surface area contributed by atoms with Gasteiger partial charge in [0.25, 0.3) is 0 Å². The molecule has 0 saturated carbocycles. The Labute approximate surface area is 161 Å². The van der Waals surface area contributed by atoms with Crippen LogP contribution in [0.4, 0.5) is 0 Å². The van der Waals surface area contributed by atoms with Gasteiger partial charge < -0.3 is 21.1 Å². The third kappa shape index (κ3) is 7.85. The maximum atomic E-state index is 11.3. The summed E-state index contributed by atoms with van der Waals surface area (Å²) in [6.07, 6.45) is 0.869. The molecule has 136 valence electrons. The first-order valence-corrected chi connectivity index (χ1v) is 7.84. The Morgan fingerprint density at radius 2 is 1.88 bits per heavy atom. The molecule has 1 aromatic carbocycles. The number of aliphatic imine (C=N–C) groups is 1. The molecule has 0 saturated heterocycles. The molecule has 0 bridgehead atoms. The minimum absolute atomic E-state index is 0. The summed E-state index contributed by atoms with van der Waals surface area (Å²) in [5.74, 6) is 1.19. The van der Waals surface area contributed by atoms with Crippen molar-refractivity contribution >= 4 is 35.8 Å². The molecule has 24 heavy (non-hydrogen) atoms. The largest absolute Gasteiger partial charge is 0.497 e. The third-order valence-electron chi connectivity index (χ3n) is 3.51. The van der Waals surface area contributed by atoms with Gasteiger partial charge in [0.15, 0.2) is 5.96 Å². The number of hydrogen-bond donors (Lipinski definition) is 3. The highest BCUT2D eigenvalue weighted by molar-refractivity contribution is 14.0. The number of ether oxygens (including phenoxy) is 1. The molecular formula is C17H29IN4O2. The van der Waals surface area contributed by atoms with Crippen LogP contribution in [0.25, 0.3) is 0 Å². The number of methoxy groups -OCH3 is 1. The predicted molar refractivity (Wildman–Crippen MR) is 109 cm³/mol. The first-order chi connectivity index (χ1) is 10.9. The first-order valence-electron chi connectivity index (χ1n) is 7.84. The number of nitrogens with one attached hydrogen (secondary N) is 2. The molecule has 7 heteroatoms. The van der Waals surface area contributed by atoms with E-state index in [1.54, 1.807) is 21.0 Å². The van der Waals surface area contributed by atoms with Gasteiger partial charge in [-0.15, -0.1) is 24.0 Å². The van der Waals surface area contributed by atoms with Gasteiger partial charge in [-0.1, -0.05) is 12.1 Å². The van der Waals surface area contributed by atoms with Crippen LogP contribution >= 0.6 is 24.0 Å². The second-order valence-corrected chi connectivity index (χ2v) is 5.97. The number of benzene rings is 1. The predicted octanol–water partition coefficient (Wildman–Crippen LogP) is 1.92. The van der Waals surface area contributed by atoms with Crippen LogP contribution in [0, 0.1) is 5.41 Å². The highest BCUT2D eigenvalue weighted by atomic mass is 127. The molecule has 0 aliphatic rings. The number of guanidine groups is 1. The number of hydrogen-bond acceptors (Lipinski definition) is 3. The lowest BCUT2D eigenvalue weighted by atomic mass is 9.93. The summed E-state index contributed by atoms with van der Waals surface area (Å²) >= 11 is 0. The maximum Gasteiger partial charge on any atom is 0.224 e. The number of amides is 1. The molecule has 0 heterocycles. The second kappa shape index (κ2) is 11.1. The molecule has 0 aliphatic heterocycles. The van der Waals surface area contributed by atoms with Crippen molar-refractivity contribution in [1.82, 2.24) is 10.6 Å². The summed E-state index contributed by atoms with van der Waals surface area (Å²) in [5, 5.41) is 6.43. The van der Waals surface area contributed by atoms with E-state index in [2.05, 4.69) is 15.6 Å². The van der Waals surface area contributed by atoms with E-state index in [1.807, 2.05) is 31.2 Å². The van der Waals surface area contributed by atoms with E-state index in [0.717, 1.165) is 25.3 Å². The van der Waals surface area contributed by atoms with Crippen LogP contribution in [-0.2, 0) is 11.2 Å². The van der Waals surface area contributed by atoms with Crippen molar-refractivity contribution in [3.63, 3.8) is 0 Å². The standard InChI is InChI=1S/C17H28N4O2.HI/c1-5-19-16(21-12-17(2,3)15(18)22)20-11-10-13-6-8-14(23-4)9-7-13;/h6-9H,5,10-12H2,1-4H3,(H2,18,22)(H2,19,20,21);1H. The zero-order valence-corrected chi connectivity index (χ0v) is 17.2. The summed E-state index contributed by atoms with van der Waals surface area (Å²) in [7, 11) is 1.66. The highest BCUT2D eigenvalue weighted by Crippen LogP contribution is 2.14. The van der Waals surface area contributed by atoms with Crippen LogP contribution in [0.1, 0.15) is 26.3 Å². The maximum absolute atomic E-state index is 11.3. The Kier molecular flexibility index (Phi) is 10.4. The minimum Gasteiger partial charge on any atom is -0.497 e. The van der Waals surface area contributed by atoms with Gasteiger partial charge >= 0.3 is 0 Å². The average Bonchev–Trinajstić information content (AvgIpc) is 2.53. The molecule has 0 aromatic heterocycles. The summed E-state index contributed by atoms with van der Waals surface area (Å²) in [6.45, 7) is 7.43. The Morgan fingerprint density at radius 1 is 1.25 bits per heavy atom.